The number of halogens is 1. The van der Waals surface area contributed by atoms with Crippen molar-refractivity contribution in [2.45, 2.75) is 19.9 Å². The lowest BCUT2D eigenvalue weighted by molar-refractivity contribution is 0.0950. The first kappa shape index (κ1) is 16.9. The number of rotatable bonds is 6. The number of amides is 1. The molecule has 0 bridgehead atoms. The molecule has 1 N–H and O–H groups in total. The van der Waals surface area contributed by atoms with Gasteiger partial charge in [0.25, 0.3) is 5.91 Å². The number of hydrogen-bond acceptors (Lipinski definition) is 3. The minimum atomic E-state index is -3.27. The molecule has 0 saturated heterocycles. The quantitative estimate of drug-likeness (QED) is 0.869. The number of sulfonamides is 1. The fourth-order valence-corrected chi connectivity index (χ4v) is 3.20. The van der Waals surface area contributed by atoms with Gasteiger partial charge < -0.3 is 5.32 Å². The fourth-order valence-electron chi connectivity index (χ4n) is 1.82. The van der Waals surface area contributed by atoms with Crippen molar-refractivity contribution in [2.24, 2.45) is 0 Å². The number of benzene rings is 1. The third-order valence-electron chi connectivity index (χ3n) is 2.71. The van der Waals surface area contributed by atoms with Crippen molar-refractivity contribution in [1.29, 1.82) is 0 Å². The Kier molecular flexibility index (Phi) is 5.98. The zero-order chi connectivity index (χ0) is 15.3. The first-order chi connectivity index (χ1) is 9.21. The van der Waals surface area contributed by atoms with Gasteiger partial charge in [-0.05, 0) is 32.0 Å². The molecule has 0 spiro atoms. The van der Waals surface area contributed by atoms with E-state index in [1.807, 2.05) is 0 Å². The molecule has 1 rings (SSSR count). The van der Waals surface area contributed by atoms with E-state index in [2.05, 4.69) is 5.32 Å². The normalized spacial score (nSPS) is 11.9. The summed E-state index contributed by atoms with van der Waals surface area (Å²) >= 11 is 5.81. The summed E-state index contributed by atoms with van der Waals surface area (Å²) in [4.78, 5) is 11.9. The monoisotopic (exact) mass is 318 g/mol. The zero-order valence-corrected chi connectivity index (χ0v) is 13.3. The predicted molar refractivity (Wildman–Crippen MR) is 80.5 cm³/mol. The molecule has 20 heavy (non-hydrogen) atoms. The second-order valence-corrected chi connectivity index (χ2v) is 7.11. The molecule has 112 valence electrons. The van der Waals surface area contributed by atoms with Gasteiger partial charge in [-0.2, -0.15) is 4.31 Å². The number of carbonyl (C=O) groups excluding carboxylic acids is 1. The SMILES string of the molecule is CC(C)N(CCNC(=O)c1cccc(Cl)c1)S(C)(=O)=O. The molecule has 1 aromatic rings. The van der Waals surface area contributed by atoms with Crippen LogP contribution >= 0.6 is 11.6 Å². The summed E-state index contributed by atoms with van der Waals surface area (Å²) in [6.45, 7) is 4.07. The van der Waals surface area contributed by atoms with E-state index in [0.717, 1.165) is 6.26 Å². The van der Waals surface area contributed by atoms with Gasteiger partial charge >= 0.3 is 0 Å². The molecule has 1 aromatic carbocycles. The van der Waals surface area contributed by atoms with Crippen LogP contribution in [0.2, 0.25) is 5.02 Å². The van der Waals surface area contributed by atoms with E-state index in [9.17, 15) is 13.2 Å². The molecule has 0 atom stereocenters. The third-order valence-corrected chi connectivity index (χ3v) is 4.40. The van der Waals surface area contributed by atoms with Crippen molar-refractivity contribution >= 4 is 27.5 Å². The molecule has 0 aliphatic heterocycles. The van der Waals surface area contributed by atoms with Crippen molar-refractivity contribution in [3.63, 3.8) is 0 Å². The van der Waals surface area contributed by atoms with Crippen LogP contribution in [-0.4, -0.2) is 44.0 Å². The molecule has 0 heterocycles. The highest BCUT2D eigenvalue weighted by Crippen LogP contribution is 2.10. The summed E-state index contributed by atoms with van der Waals surface area (Å²) in [7, 11) is -3.27. The molecule has 7 heteroatoms. The number of carbonyl (C=O) groups is 1. The largest absolute Gasteiger partial charge is 0.351 e. The molecule has 1 amide bonds. The van der Waals surface area contributed by atoms with Crippen molar-refractivity contribution in [3.05, 3.63) is 34.9 Å². The van der Waals surface area contributed by atoms with Gasteiger partial charge in [0.15, 0.2) is 0 Å². The molecule has 0 saturated carbocycles. The fraction of sp³-hybridized carbons (Fsp3) is 0.462. The molecule has 0 aromatic heterocycles. The lowest BCUT2D eigenvalue weighted by Gasteiger charge is -2.23. The van der Waals surface area contributed by atoms with Gasteiger partial charge in [0.05, 0.1) is 6.26 Å². The maximum Gasteiger partial charge on any atom is 0.251 e. The van der Waals surface area contributed by atoms with E-state index in [0.29, 0.717) is 10.6 Å². The van der Waals surface area contributed by atoms with Crippen LogP contribution in [0.15, 0.2) is 24.3 Å². The molecule has 0 aliphatic rings. The van der Waals surface area contributed by atoms with Crippen LogP contribution < -0.4 is 5.32 Å². The van der Waals surface area contributed by atoms with E-state index in [1.165, 1.54) is 4.31 Å². The first-order valence-electron chi connectivity index (χ1n) is 6.22. The Morgan fingerprint density at radius 1 is 1.40 bits per heavy atom. The standard InChI is InChI=1S/C13H19ClN2O3S/c1-10(2)16(20(3,18)19)8-7-15-13(17)11-5-4-6-12(14)9-11/h4-6,9-10H,7-8H2,1-3H3,(H,15,17). The molecule has 5 nitrogen and oxygen atoms in total. The number of nitrogens with one attached hydrogen (secondary N) is 1. The Labute approximate surface area is 125 Å². The average Bonchev–Trinajstić information content (AvgIpc) is 2.32. The minimum absolute atomic E-state index is 0.145. The summed E-state index contributed by atoms with van der Waals surface area (Å²) in [5, 5.41) is 3.16. The van der Waals surface area contributed by atoms with Crippen LogP contribution in [0.3, 0.4) is 0 Å². The van der Waals surface area contributed by atoms with Gasteiger partial charge in [0, 0.05) is 29.7 Å². The van der Waals surface area contributed by atoms with Crippen LogP contribution in [0.25, 0.3) is 0 Å². The highest BCUT2D eigenvalue weighted by molar-refractivity contribution is 7.88. The Hall–Kier alpha value is -1.11. The van der Waals surface area contributed by atoms with E-state index >= 15 is 0 Å². The maximum atomic E-state index is 11.9. The molecule has 0 radical (unpaired) electrons. The highest BCUT2D eigenvalue weighted by atomic mass is 35.5. The zero-order valence-electron chi connectivity index (χ0n) is 11.8. The predicted octanol–water partition coefficient (Wildman–Crippen LogP) is 1.74. The highest BCUT2D eigenvalue weighted by Gasteiger charge is 2.19. The van der Waals surface area contributed by atoms with Gasteiger partial charge in [-0.3, -0.25) is 4.79 Å². The van der Waals surface area contributed by atoms with Crippen molar-refractivity contribution in [1.82, 2.24) is 9.62 Å². The Bertz CT molecular complexity index is 573. The average molecular weight is 319 g/mol. The lowest BCUT2D eigenvalue weighted by Crippen LogP contribution is -2.41. The summed E-state index contributed by atoms with van der Waals surface area (Å²) in [5.74, 6) is -0.273. The van der Waals surface area contributed by atoms with Crippen LogP contribution in [0.4, 0.5) is 0 Å². The second kappa shape index (κ2) is 7.06. The van der Waals surface area contributed by atoms with E-state index in [1.54, 1.807) is 38.1 Å². The van der Waals surface area contributed by atoms with Crippen LogP contribution in [-0.2, 0) is 10.0 Å². The molecular formula is C13H19ClN2O3S. The Morgan fingerprint density at radius 3 is 2.55 bits per heavy atom. The summed E-state index contributed by atoms with van der Waals surface area (Å²) < 4.78 is 24.5. The summed E-state index contributed by atoms with van der Waals surface area (Å²) in [5.41, 5.74) is 0.452. The van der Waals surface area contributed by atoms with E-state index in [4.69, 9.17) is 11.6 Å². The molecule has 0 fully saturated rings. The molecule has 0 unspecified atom stereocenters. The van der Waals surface area contributed by atoms with Gasteiger partial charge in [-0.15, -0.1) is 0 Å². The molecule has 0 aliphatic carbocycles. The summed E-state index contributed by atoms with van der Waals surface area (Å²) in [6.07, 6.45) is 1.16. The van der Waals surface area contributed by atoms with Crippen LogP contribution in [0, 0.1) is 0 Å². The van der Waals surface area contributed by atoms with Crippen LogP contribution in [0.1, 0.15) is 24.2 Å². The van der Waals surface area contributed by atoms with Gasteiger partial charge in [0.2, 0.25) is 10.0 Å². The summed E-state index contributed by atoms with van der Waals surface area (Å²) in [6, 6.07) is 6.44. The molecular weight excluding hydrogens is 300 g/mol. The smallest absolute Gasteiger partial charge is 0.251 e. The third kappa shape index (κ3) is 5.11. The van der Waals surface area contributed by atoms with E-state index < -0.39 is 10.0 Å². The minimum Gasteiger partial charge on any atom is -0.351 e. The number of nitrogens with zero attached hydrogens (tertiary/aromatic N) is 1. The second-order valence-electron chi connectivity index (χ2n) is 4.73. The van der Waals surface area contributed by atoms with Crippen molar-refractivity contribution in [3.8, 4) is 0 Å². The van der Waals surface area contributed by atoms with Gasteiger partial charge in [-0.25, -0.2) is 8.42 Å². The lowest BCUT2D eigenvalue weighted by atomic mass is 10.2. The van der Waals surface area contributed by atoms with Crippen molar-refractivity contribution < 1.29 is 13.2 Å². The first-order valence-corrected chi connectivity index (χ1v) is 8.45. The van der Waals surface area contributed by atoms with Gasteiger partial charge in [-0.1, -0.05) is 17.7 Å². The van der Waals surface area contributed by atoms with Crippen molar-refractivity contribution in [2.75, 3.05) is 19.3 Å². The Balaban J connectivity index is 2.58. The maximum absolute atomic E-state index is 11.9. The van der Waals surface area contributed by atoms with Crippen LogP contribution in [0.5, 0.6) is 0 Å². The van der Waals surface area contributed by atoms with Gasteiger partial charge in [0.1, 0.15) is 0 Å². The Morgan fingerprint density at radius 2 is 2.05 bits per heavy atom. The number of hydrogen-bond donors (Lipinski definition) is 1. The van der Waals surface area contributed by atoms with E-state index in [-0.39, 0.29) is 25.0 Å². The topological polar surface area (TPSA) is 66.5 Å².